The Bertz CT molecular complexity index is 444. The third-order valence-corrected chi connectivity index (χ3v) is 3.36. The van der Waals surface area contributed by atoms with Gasteiger partial charge in [-0.1, -0.05) is 19.8 Å². The van der Waals surface area contributed by atoms with E-state index in [0.717, 1.165) is 18.7 Å². The van der Waals surface area contributed by atoms with Crippen LogP contribution in [-0.4, -0.2) is 25.7 Å². The number of nitrogen functional groups attached to an aromatic ring is 1. The van der Waals surface area contributed by atoms with Crippen LogP contribution in [0.5, 0.6) is 0 Å². The number of nitrogens with two attached hydrogens (primary N) is 1. The first-order chi connectivity index (χ1) is 9.51. The highest BCUT2D eigenvalue weighted by molar-refractivity contribution is 5.97. The van der Waals surface area contributed by atoms with E-state index in [1.807, 2.05) is 12.1 Å². The summed E-state index contributed by atoms with van der Waals surface area (Å²) in [4.78, 5) is 14.2. The van der Waals surface area contributed by atoms with Crippen LogP contribution in [0.25, 0.3) is 0 Å². The molecule has 20 heavy (non-hydrogen) atoms. The van der Waals surface area contributed by atoms with E-state index in [2.05, 4.69) is 25.7 Å². The Hall–Kier alpha value is -1.71. The minimum atomic E-state index is -0.339. The first-order valence-electron chi connectivity index (χ1n) is 7.25. The summed E-state index contributed by atoms with van der Waals surface area (Å²) < 4.78 is 4.87. The fourth-order valence-corrected chi connectivity index (χ4v) is 2.27. The van der Waals surface area contributed by atoms with Crippen molar-refractivity contribution in [3.63, 3.8) is 0 Å². The predicted octanol–water partition coefficient (Wildman–Crippen LogP) is 3.46. The predicted molar refractivity (Wildman–Crippen MR) is 84.2 cm³/mol. The summed E-state index contributed by atoms with van der Waals surface area (Å²) in [6.45, 7) is 7.37. The van der Waals surface area contributed by atoms with Crippen molar-refractivity contribution >= 4 is 17.3 Å². The number of methoxy groups -OCH3 is 1. The van der Waals surface area contributed by atoms with E-state index >= 15 is 0 Å². The first kappa shape index (κ1) is 16.3. The molecular formula is C16H26N2O2. The van der Waals surface area contributed by atoms with Crippen LogP contribution in [0.3, 0.4) is 0 Å². The van der Waals surface area contributed by atoms with Crippen LogP contribution in [0.15, 0.2) is 18.2 Å². The lowest BCUT2D eigenvalue weighted by Gasteiger charge is -2.30. The number of hydrogen-bond donors (Lipinski definition) is 1. The number of carbonyl (C=O) groups is 1. The van der Waals surface area contributed by atoms with Gasteiger partial charge in [-0.15, -0.1) is 0 Å². The second-order valence-electron chi connectivity index (χ2n) is 5.26. The number of anilines is 2. The van der Waals surface area contributed by atoms with E-state index < -0.39 is 0 Å². The van der Waals surface area contributed by atoms with Gasteiger partial charge in [-0.25, -0.2) is 4.79 Å². The molecule has 0 bridgehead atoms. The van der Waals surface area contributed by atoms with E-state index in [0.29, 0.717) is 17.3 Å². The molecule has 2 N–H and O–H groups in total. The summed E-state index contributed by atoms with van der Waals surface area (Å²) in [6, 6.07) is 5.75. The Morgan fingerprint density at radius 2 is 2.05 bits per heavy atom. The molecule has 112 valence electrons. The van der Waals surface area contributed by atoms with Gasteiger partial charge in [-0.2, -0.15) is 0 Å². The highest BCUT2D eigenvalue weighted by Crippen LogP contribution is 2.26. The molecule has 4 heteroatoms. The second kappa shape index (κ2) is 7.78. The van der Waals surface area contributed by atoms with Gasteiger partial charge in [0.15, 0.2) is 0 Å². The van der Waals surface area contributed by atoms with Crippen LogP contribution in [-0.2, 0) is 4.74 Å². The monoisotopic (exact) mass is 278 g/mol. The van der Waals surface area contributed by atoms with Gasteiger partial charge in [0, 0.05) is 18.3 Å². The molecule has 0 aliphatic heterocycles. The zero-order valence-electron chi connectivity index (χ0n) is 13.0. The third-order valence-electron chi connectivity index (χ3n) is 3.36. The Labute approximate surface area is 121 Å². The lowest BCUT2D eigenvalue weighted by Crippen LogP contribution is -2.33. The molecule has 0 fully saturated rings. The molecule has 0 saturated carbocycles. The smallest absolute Gasteiger partial charge is 0.340 e. The van der Waals surface area contributed by atoms with Crippen molar-refractivity contribution in [3.8, 4) is 0 Å². The van der Waals surface area contributed by atoms with Crippen LogP contribution in [0.4, 0.5) is 11.4 Å². The lowest BCUT2D eigenvalue weighted by molar-refractivity contribution is 0.0601. The van der Waals surface area contributed by atoms with Crippen molar-refractivity contribution in [1.29, 1.82) is 0 Å². The highest BCUT2D eigenvalue weighted by Gasteiger charge is 2.19. The SMILES string of the molecule is CCCCCN(c1ccc(N)cc1C(=O)OC)C(C)C. The molecule has 0 spiro atoms. The molecule has 1 rings (SSSR count). The van der Waals surface area contributed by atoms with E-state index in [9.17, 15) is 4.79 Å². The van der Waals surface area contributed by atoms with Gasteiger partial charge in [0.1, 0.15) is 0 Å². The largest absolute Gasteiger partial charge is 0.465 e. The quantitative estimate of drug-likeness (QED) is 0.471. The molecule has 0 unspecified atom stereocenters. The number of carbonyl (C=O) groups excluding carboxylic acids is 1. The fourth-order valence-electron chi connectivity index (χ4n) is 2.27. The maximum absolute atomic E-state index is 11.9. The van der Waals surface area contributed by atoms with Crippen molar-refractivity contribution in [2.75, 3.05) is 24.3 Å². The first-order valence-corrected chi connectivity index (χ1v) is 7.25. The van der Waals surface area contributed by atoms with Crippen molar-refractivity contribution in [2.24, 2.45) is 0 Å². The van der Waals surface area contributed by atoms with Crippen molar-refractivity contribution < 1.29 is 9.53 Å². The summed E-state index contributed by atoms with van der Waals surface area (Å²) in [5.74, 6) is -0.339. The summed E-state index contributed by atoms with van der Waals surface area (Å²) in [6.07, 6.45) is 3.48. The zero-order valence-corrected chi connectivity index (χ0v) is 13.0. The summed E-state index contributed by atoms with van der Waals surface area (Å²) >= 11 is 0. The Morgan fingerprint density at radius 3 is 2.60 bits per heavy atom. The van der Waals surface area contributed by atoms with Crippen molar-refractivity contribution in [2.45, 2.75) is 46.1 Å². The van der Waals surface area contributed by atoms with Crippen LogP contribution in [0.2, 0.25) is 0 Å². The molecule has 0 aromatic heterocycles. The van der Waals surface area contributed by atoms with Gasteiger partial charge < -0.3 is 15.4 Å². The van der Waals surface area contributed by atoms with Crippen LogP contribution < -0.4 is 10.6 Å². The number of benzene rings is 1. The number of esters is 1. The molecule has 4 nitrogen and oxygen atoms in total. The van der Waals surface area contributed by atoms with Gasteiger partial charge in [0.05, 0.1) is 18.4 Å². The maximum Gasteiger partial charge on any atom is 0.340 e. The van der Waals surface area contributed by atoms with E-state index in [1.165, 1.54) is 20.0 Å². The van der Waals surface area contributed by atoms with Crippen molar-refractivity contribution in [3.05, 3.63) is 23.8 Å². The van der Waals surface area contributed by atoms with Gasteiger partial charge in [0.2, 0.25) is 0 Å². The summed E-state index contributed by atoms with van der Waals surface area (Å²) in [5, 5.41) is 0. The average molecular weight is 278 g/mol. The molecule has 0 amide bonds. The molecule has 0 aliphatic carbocycles. The molecule has 1 aromatic rings. The molecule has 1 aromatic carbocycles. The molecule has 0 radical (unpaired) electrons. The van der Waals surface area contributed by atoms with Gasteiger partial charge in [-0.3, -0.25) is 0 Å². The molecule has 0 saturated heterocycles. The van der Waals surface area contributed by atoms with E-state index in [4.69, 9.17) is 10.5 Å². The number of unbranched alkanes of at least 4 members (excludes halogenated alkanes) is 2. The number of nitrogens with zero attached hydrogens (tertiary/aromatic N) is 1. The second-order valence-corrected chi connectivity index (χ2v) is 5.26. The normalized spacial score (nSPS) is 10.7. The lowest BCUT2D eigenvalue weighted by atomic mass is 10.1. The third kappa shape index (κ3) is 4.15. The maximum atomic E-state index is 11.9. The number of rotatable bonds is 7. The van der Waals surface area contributed by atoms with Gasteiger partial charge >= 0.3 is 5.97 Å². The zero-order chi connectivity index (χ0) is 15.1. The minimum absolute atomic E-state index is 0.318. The van der Waals surface area contributed by atoms with Crippen LogP contribution >= 0.6 is 0 Å². The van der Waals surface area contributed by atoms with Gasteiger partial charge in [0.25, 0.3) is 0 Å². The fraction of sp³-hybridized carbons (Fsp3) is 0.562. The Balaban J connectivity index is 3.08. The topological polar surface area (TPSA) is 55.6 Å². The van der Waals surface area contributed by atoms with E-state index in [1.54, 1.807) is 6.07 Å². The molecular weight excluding hydrogens is 252 g/mol. The molecule has 0 heterocycles. The Kier molecular flexibility index (Phi) is 6.36. The summed E-state index contributed by atoms with van der Waals surface area (Å²) in [5.41, 5.74) is 7.81. The average Bonchev–Trinajstić information content (AvgIpc) is 2.43. The number of hydrogen-bond acceptors (Lipinski definition) is 4. The number of ether oxygens (including phenoxy) is 1. The molecule has 0 atom stereocenters. The van der Waals surface area contributed by atoms with Crippen LogP contribution in [0, 0.1) is 0 Å². The van der Waals surface area contributed by atoms with Crippen molar-refractivity contribution in [1.82, 2.24) is 0 Å². The Morgan fingerprint density at radius 1 is 1.35 bits per heavy atom. The van der Waals surface area contributed by atoms with E-state index in [-0.39, 0.29) is 5.97 Å². The molecule has 0 aliphatic rings. The van der Waals surface area contributed by atoms with Crippen LogP contribution in [0.1, 0.15) is 50.4 Å². The summed E-state index contributed by atoms with van der Waals surface area (Å²) in [7, 11) is 1.39. The van der Waals surface area contributed by atoms with Gasteiger partial charge in [-0.05, 0) is 38.5 Å². The standard InChI is InChI=1S/C16H26N2O2/c1-5-6-7-10-18(12(2)3)15-9-8-13(17)11-14(15)16(19)20-4/h8-9,11-12H,5-7,10,17H2,1-4H3. The minimum Gasteiger partial charge on any atom is -0.465 e. The highest BCUT2D eigenvalue weighted by atomic mass is 16.5.